The predicted molar refractivity (Wildman–Crippen MR) is 135 cm³/mol. The molecule has 0 aliphatic rings. The summed E-state index contributed by atoms with van der Waals surface area (Å²) in [5.41, 5.74) is 5.03. The maximum Gasteiger partial charge on any atom is 0.244 e. The molecule has 2 aromatic carbocycles. The number of aliphatic hydroxyl groups excluding tert-OH is 1. The lowest BCUT2D eigenvalue weighted by Gasteiger charge is -2.31. The van der Waals surface area contributed by atoms with Crippen molar-refractivity contribution < 1.29 is 27.4 Å². The van der Waals surface area contributed by atoms with Gasteiger partial charge in [0.15, 0.2) is 9.84 Å². The summed E-state index contributed by atoms with van der Waals surface area (Å²) in [4.78, 5) is 13.1. The molecule has 0 spiro atoms. The largest absolute Gasteiger partial charge is 0.489 e. The monoisotopic (exact) mass is 508 g/mol. The second-order valence-electron chi connectivity index (χ2n) is 9.82. The fourth-order valence-corrected chi connectivity index (χ4v) is 5.90. The zero-order valence-electron chi connectivity index (χ0n) is 20.9. The van der Waals surface area contributed by atoms with E-state index in [0.717, 1.165) is 5.56 Å². The normalized spacial score (nSPS) is 13.8. The molecule has 3 N–H and O–H groups in total. The molecule has 2 rings (SSSR count). The number of aliphatic hydroxyl groups is 1. The molecule has 35 heavy (non-hydrogen) atoms. The minimum absolute atomic E-state index is 0.0581. The summed E-state index contributed by atoms with van der Waals surface area (Å²) in [7, 11) is -1.80. The highest BCUT2D eigenvalue weighted by atomic mass is 32.2. The maximum atomic E-state index is 14.6. The van der Waals surface area contributed by atoms with Gasteiger partial charge in [-0.3, -0.25) is 10.2 Å². The number of sulfone groups is 1. The van der Waals surface area contributed by atoms with Crippen LogP contribution in [0.4, 0.5) is 4.39 Å². The lowest BCUT2D eigenvalue weighted by atomic mass is 9.75. The summed E-state index contributed by atoms with van der Waals surface area (Å²) in [6.45, 7) is 5.30. The number of carbonyl (C=O) groups is 1. The van der Waals surface area contributed by atoms with Crippen LogP contribution in [0.15, 0.2) is 48.5 Å². The van der Waals surface area contributed by atoms with Crippen LogP contribution < -0.4 is 15.6 Å². The van der Waals surface area contributed by atoms with Gasteiger partial charge < -0.3 is 9.84 Å². The topological polar surface area (TPSA) is 105 Å². The van der Waals surface area contributed by atoms with Crippen molar-refractivity contribution in [2.45, 2.75) is 52.1 Å². The molecule has 0 aliphatic heterocycles. The Bertz CT molecular complexity index is 1080. The molecule has 0 saturated carbocycles. The number of rotatable bonds is 14. The van der Waals surface area contributed by atoms with Gasteiger partial charge in [0.1, 0.15) is 18.2 Å². The number of ether oxygens (including phenoxy) is 1. The van der Waals surface area contributed by atoms with Crippen molar-refractivity contribution >= 4 is 15.7 Å². The van der Waals surface area contributed by atoms with Gasteiger partial charge in [0.05, 0.1) is 23.5 Å². The van der Waals surface area contributed by atoms with Gasteiger partial charge in [-0.2, -0.15) is 0 Å². The van der Waals surface area contributed by atoms with Crippen LogP contribution in [-0.4, -0.2) is 44.6 Å². The van der Waals surface area contributed by atoms with Crippen molar-refractivity contribution in [3.8, 4) is 5.75 Å². The molecule has 1 atom stereocenters. The molecule has 1 unspecified atom stereocenters. The molecule has 1 amide bonds. The van der Waals surface area contributed by atoms with E-state index >= 15 is 0 Å². The van der Waals surface area contributed by atoms with Gasteiger partial charge in [0.2, 0.25) is 5.91 Å². The van der Waals surface area contributed by atoms with Gasteiger partial charge in [-0.1, -0.05) is 50.6 Å². The van der Waals surface area contributed by atoms with E-state index in [4.69, 9.17) is 9.84 Å². The highest BCUT2D eigenvalue weighted by Crippen LogP contribution is 2.36. The molecule has 2 aromatic rings. The Kier molecular flexibility index (Phi) is 10.2. The first kappa shape index (κ1) is 28.7. The van der Waals surface area contributed by atoms with E-state index in [9.17, 15) is 17.6 Å². The lowest BCUT2D eigenvalue weighted by Crippen LogP contribution is -2.47. The van der Waals surface area contributed by atoms with Crippen molar-refractivity contribution in [3.05, 3.63) is 65.5 Å². The van der Waals surface area contributed by atoms with Crippen LogP contribution >= 0.6 is 0 Å². The number of amides is 1. The van der Waals surface area contributed by atoms with Crippen LogP contribution in [-0.2, 0) is 26.7 Å². The van der Waals surface area contributed by atoms with Crippen LogP contribution in [0.25, 0.3) is 0 Å². The van der Waals surface area contributed by atoms with Gasteiger partial charge in [-0.15, -0.1) is 0 Å². The van der Waals surface area contributed by atoms with E-state index in [-0.39, 0.29) is 24.0 Å². The van der Waals surface area contributed by atoms with Crippen LogP contribution in [0.5, 0.6) is 5.75 Å². The second-order valence-corrected chi connectivity index (χ2v) is 12.0. The number of benzene rings is 2. The third kappa shape index (κ3) is 8.91. The minimum atomic E-state index is -3.38. The van der Waals surface area contributed by atoms with Gasteiger partial charge >= 0.3 is 0 Å². The van der Waals surface area contributed by atoms with Crippen molar-refractivity contribution in [2.75, 3.05) is 25.2 Å². The Morgan fingerprint density at radius 2 is 1.77 bits per heavy atom. The minimum Gasteiger partial charge on any atom is -0.489 e. The number of halogens is 1. The number of carbonyl (C=O) groups excluding carboxylic acids is 1. The average molecular weight is 509 g/mol. The van der Waals surface area contributed by atoms with E-state index in [1.165, 1.54) is 12.1 Å². The molecule has 194 valence electrons. The second kappa shape index (κ2) is 12.5. The summed E-state index contributed by atoms with van der Waals surface area (Å²) in [5, 5.41) is 9.00. The van der Waals surface area contributed by atoms with Crippen molar-refractivity contribution in [3.63, 3.8) is 0 Å². The lowest BCUT2D eigenvalue weighted by molar-refractivity contribution is -0.127. The van der Waals surface area contributed by atoms with Crippen LogP contribution in [0.3, 0.4) is 0 Å². The summed E-state index contributed by atoms with van der Waals surface area (Å²) in [6, 6.07) is 13.8. The average Bonchev–Trinajstić information content (AvgIpc) is 2.77. The van der Waals surface area contributed by atoms with Crippen molar-refractivity contribution in [1.29, 1.82) is 0 Å². The molecule has 9 heteroatoms. The maximum absolute atomic E-state index is 14.6. The summed E-state index contributed by atoms with van der Waals surface area (Å²) in [5.74, 6) is -0.844. The highest BCUT2D eigenvalue weighted by Gasteiger charge is 2.36. The highest BCUT2D eigenvalue weighted by molar-refractivity contribution is 7.91. The quantitative estimate of drug-likeness (QED) is 0.337. The van der Waals surface area contributed by atoms with E-state index in [2.05, 4.69) is 10.9 Å². The third-order valence-electron chi connectivity index (χ3n) is 6.04. The molecule has 0 saturated heterocycles. The SMILES string of the molecule is CNNC(=O)C(C)(CCCC(C)(C)CS(=O)(=O)CCO)c1cc(F)cc(OCc2ccccc2)c1. The number of hydrogen-bond acceptors (Lipinski definition) is 6. The zero-order chi connectivity index (χ0) is 26.1. The molecular weight excluding hydrogens is 471 g/mol. The number of hydrazine groups is 1. The molecular formula is C26H37FN2O5S. The smallest absolute Gasteiger partial charge is 0.244 e. The Morgan fingerprint density at radius 1 is 1.09 bits per heavy atom. The molecule has 0 aliphatic carbocycles. The molecule has 0 fully saturated rings. The van der Waals surface area contributed by atoms with E-state index in [1.54, 1.807) is 20.0 Å². The fraction of sp³-hybridized carbons (Fsp3) is 0.500. The summed E-state index contributed by atoms with van der Waals surface area (Å²) >= 11 is 0. The van der Waals surface area contributed by atoms with E-state index in [1.807, 2.05) is 44.2 Å². The first-order valence-corrected chi connectivity index (χ1v) is 13.5. The van der Waals surface area contributed by atoms with Crippen LogP contribution in [0.1, 0.15) is 51.2 Å². The number of nitrogens with one attached hydrogen (secondary N) is 2. The summed E-state index contributed by atoms with van der Waals surface area (Å²) in [6.07, 6.45) is 1.43. The van der Waals surface area contributed by atoms with E-state index < -0.39 is 33.1 Å². The van der Waals surface area contributed by atoms with Crippen molar-refractivity contribution in [1.82, 2.24) is 10.9 Å². The molecule has 7 nitrogen and oxygen atoms in total. The Balaban J connectivity index is 2.22. The first-order chi connectivity index (χ1) is 16.4. The third-order valence-corrected chi connectivity index (χ3v) is 8.07. The van der Waals surface area contributed by atoms with Gasteiger partial charge in [-0.25, -0.2) is 18.2 Å². The van der Waals surface area contributed by atoms with Crippen molar-refractivity contribution in [2.24, 2.45) is 5.41 Å². The summed E-state index contributed by atoms with van der Waals surface area (Å²) < 4.78 is 44.7. The van der Waals surface area contributed by atoms with Gasteiger partial charge in [-0.05, 0) is 48.4 Å². The zero-order valence-corrected chi connectivity index (χ0v) is 21.8. The Hall–Kier alpha value is -2.49. The Morgan fingerprint density at radius 3 is 2.40 bits per heavy atom. The predicted octanol–water partition coefficient (Wildman–Crippen LogP) is 3.52. The van der Waals surface area contributed by atoms with Gasteiger partial charge in [0.25, 0.3) is 0 Å². The standard InChI is InChI=1S/C26H37FN2O5S/c1-25(2,19-35(32,33)14-13-30)11-8-12-26(3,24(31)29-28-4)21-15-22(27)17-23(16-21)34-18-20-9-6-5-7-10-20/h5-7,9-10,15-17,28,30H,8,11-14,18-19H2,1-4H3,(H,29,31). The van der Waals surface area contributed by atoms with Crippen LogP contribution in [0, 0.1) is 11.2 Å². The van der Waals surface area contributed by atoms with Crippen LogP contribution in [0.2, 0.25) is 0 Å². The van der Waals surface area contributed by atoms with Gasteiger partial charge in [0, 0.05) is 13.1 Å². The molecule has 0 aromatic heterocycles. The molecule has 0 bridgehead atoms. The first-order valence-electron chi connectivity index (χ1n) is 11.7. The van der Waals surface area contributed by atoms with E-state index in [0.29, 0.717) is 30.6 Å². The molecule has 0 heterocycles. The fourth-order valence-electron chi connectivity index (χ4n) is 4.15. The molecule has 0 radical (unpaired) electrons. The number of hydrogen-bond donors (Lipinski definition) is 3. The Labute approximate surface area is 208 Å².